The third-order valence-electron chi connectivity index (χ3n) is 3.63. The Kier molecular flexibility index (Phi) is 7.54. The lowest BCUT2D eigenvalue weighted by atomic mass is 10.1. The van der Waals surface area contributed by atoms with Crippen LogP contribution in [0.1, 0.15) is 34.0 Å². The van der Waals surface area contributed by atoms with E-state index in [1.807, 2.05) is 26.0 Å². The van der Waals surface area contributed by atoms with Gasteiger partial charge in [-0.2, -0.15) is 0 Å². The Labute approximate surface area is 152 Å². The summed E-state index contributed by atoms with van der Waals surface area (Å²) in [6, 6.07) is 4.05. The van der Waals surface area contributed by atoms with Crippen LogP contribution in [0.3, 0.4) is 0 Å². The maximum Gasteiger partial charge on any atom is 0.263 e. The molecule has 1 amide bonds. The molecule has 8 heteroatoms. The largest absolute Gasteiger partial charge is 0.459 e. The van der Waals surface area contributed by atoms with Gasteiger partial charge in [0.15, 0.2) is 10.8 Å². The number of carbonyl (C=O) groups is 1. The van der Waals surface area contributed by atoms with Crippen LogP contribution in [0, 0.1) is 13.8 Å². The Morgan fingerprint density at radius 1 is 1.30 bits per heavy atom. The highest BCUT2D eigenvalue weighted by atomic mass is 35.5. The third kappa shape index (κ3) is 4.70. The first-order valence-electron chi connectivity index (χ1n) is 7.19. The Morgan fingerprint density at radius 3 is 2.61 bits per heavy atom. The first-order chi connectivity index (χ1) is 10.1. The number of rotatable bonds is 3. The number of nitrogens with one attached hydrogen (secondary N) is 2. The van der Waals surface area contributed by atoms with Crippen molar-refractivity contribution in [2.24, 2.45) is 0 Å². The lowest BCUT2D eigenvalue weighted by Crippen LogP contribution is -2.42. The number of nitrogens with zero attached hydrogens (tertiary/aromatic N) is 1. The number of aryl methyl sites for hydroxylation is 2. The first-order valence-corrected chi connectivity index (χ1v) is 8.01. The molecule has 0 radical (unpaired) electrons. The summed E-state index contributed by atoms with van der Waals surface area (Å²) >= 11 is 1.39. The van der Waals surface area contributed by atoms with Crippen LogP contribution in [0.25, 0.3) is 10.8 Å². The molecule has 128 valence electrons. The zero-order chi connectivity index (χ0) is 14.8. The molecule has 0 unspecified atom stereocenters. The predicted octanol–water partition coefficient (Wildman–Crippen LogP) is 3.35. The van der Waals surface area contributed by atoms with Gasteiger partial charge >= 0.3 is 0 Å². The lowest BCUT2D eigenvalue weighted by molar-refractivity contribution is 0.0933. The van der Waals surface area contributed by atoms with Gasteiger partial charge in [-0.1, -0.05) is 0 Å². The van der Waals surface area contributed by atoms with Crippen LogP contribution < -0.4 is 10.6 Å². The van der Waals surface area contributed by atoms with Gasteiger partial charge in [-0.15, -0.1) is 36.2 Å². The highest BCUT2D eigenvalue weighted by Crippen LogP contribution is 2.29. The average molecular weight is 378 g/mol. The van der Waals surface area contributed by atoms with Crippen molar-refractivity contribution in [1.82, 2.24) is 15.6 Å². The van der Waals surface area contributed by atoms with Gasteiger partial charge in [-0.3, -0.25) is 4.79 Å². The number of aromatic nitrogens is 1. The van der Waals surface area contributed by atoms with E-state index in [4.69, 9.17) is 4.42 Å². The molecule has 3 rings (SSSR count). The average Bonchev–Trinajstić information content (AvgIpc) is 3.06. The van der Waals surface area contributed by atoms with Crippen molar-refractivity contribution in [2.75, 3.05) is 13.1 Å². The molecule has 1 aliphatic rings. The van der Waals surface area contributed by atoms with Crippen molar-refractivity contribution in [2.45, 2.75) is 32.7 Å². The van der Waals surface area contributed by atoms with Gasteiger partial charge in [-0.25, -0.2) is 4.98 Å². The van der Waals surface area contributed by atoms with Gasteiger partial charge in [0, 0.05) is 6.04 Å². The quantitative estimate of drug-likeness (QED) is 0.860. The van der Waals surface area contributed by atoms with Crippen LogP contribution in [0.15, 0.2) is 16.5 Å². The predicted molar refractivity (Wildman–Crippen MR) is 97.1 cm³/mol. The van der Waals surface area contributed by atoms with E-state index < -0.39 is 0 Å². The summed E-state index contributed by atoms with van der Waals surface area (Å²) < 4.78 is 5.58. The Morgan fingerprint density at radius 2 is 2.00 bits per heavy atom. The van der Waals surface area contributed by atoms with E-state index in [1.165, 1.54) is 11.3 Å². The van der Waals surface area contributed by atoms with Gasteiger partial charge in [0.05, 0.1) is 5.69 Å². The van der Waals surface area contributed by atoms with E-state index in [1.54, 1.807) is 0 Å². The van der Waals surface area contributed by atoms with Crippen molar-refractivity contribution < 1.29 is 9.21 Å². The molecule has 2 aromatic rings. The Balaban J connectivity index is 0.00000132. The molecular formula is C15H21Cl2N3O2S. The summed E-state index contributed by atoms with van der Waals surface area (Å²) in [7, 11) is 0. The lowest BCUT2D eigenvalue weighted by Gasteiger charge is -2.23. The molecule has 5 nitrogen and oxygen atoms in total. The summed E-state index contributed by atoms with van der Waals surface area (Å²) in [4.78, 5) is 17.5. The Hall–Kier alpha value is -1.08. The SMILES string of the molecule is Cc1ccc(-c2nc(C)c(C(=O)NC3CCNCC3)s2)o1.Cl.Cl. The number of halogens is 2. The number of carbonyl (C=O) groups excluding carboxylic acids is 1. The van der Waals surface area contributed by atoms with Crippen molar-refractivity contribution >= 4 is 42.1 Å². The molecule has 2 N–H and O–H groups in total. The molecule has 1 saturated heterocycles. The molecule has 0 aromatic carbocycles. The van der Waals surface area contributed by atoms with E-state index in [-0.39, 0.29) is 36.8 Å². The van der Waals surface area contributed by atoms with Gasteiger partial charge in [0.1, 0.15) is 10.6 Å². The second-order valence-corrected chi connectivity index (χ2v) is 6.34. The molecule has 1 aliphatic heterocycles. The monoisotopic (exact) mass is 377 g/mol. The van der Waals surface area contributed by atoms with Crippen molar-refractivity contribution in [3.63, 3.8) is 0 Å². The standard InChI is InChI=1S/C15H19N3O2S.2ClH/c1-9-3-4-12(20-9)15-17-10(2)13(21-15)14(19)18-11-5-7-16-8-6-11;;/h3-4,11,16H,5-8H2,1-2H3,(H,18,19);2*1H. The number of furan rings is 1. The third-order valence-corrected chi connectivity index (χ3v) is 4.80. The fourth-order valence-corrected chi connectivity index (χ4v) is 3.41. The van der Waals surface area contributed by atoms with Crippen LogP contribution in [-0.2, 0) is 0 Å². The molecule has 0 aliphatic carbocycles. The number of amides is 1. The van der Waals surface area contributed by atoms with E-state index >= 15 is 0 Å². The zero-order valence-electron chi connectivity index (χ0n) is 13.0. The highest BCUT2D eigenvalue weighted by molar-refractivity contribution is 7.17. The van der Waals surface area contributed by atoms with Crippen molar-refractivity contribution in [1.29, 1.82) is 0 Å². The smallest absolute Gasteiger partial charge is 0.263 e. The van der Waals surface area contributed by atoms with Crippen LogP contribution in [0.2, 0.25) is 0 Å². The number of hydrogen-bond acceptors (Lipinski definition) is 5. The van der Waals surface area contributed by atoms with E-state index in [9.17, 15) is 4.79 Å². The molecule has 0 atom stereocenters. The van der Waals surface area contributed by atoms with Crippen LogP contribution in [-0.4, -0.2) is 30.0 Å². The molecule has 3 heterocycles. The topological polar surface area (TPSA) is 67.2 Å². The minimum atomic E-state index is -0.0218. The second kappa shape index (κ2) is 8.68. The van der Waals surface area contributed by atoms with E-state index in [0.29, 0.717) is 4.88 Å². The van der Waals surface area contributed by atoms with Crippen LogP contribution >= 0.6 is 36.2 Å². The van der Waals surface area contributed by atoms with E-state index in [0.717, 1.165) is 48.2 Å². The van der Waals surface area contributed by atoms with Crippen molar-refractivity contribution in [3.8, 4) is 10.8 Å². The summed E-state index contributed by atoms with van der Waals surface area (Å²) in [6.07, 6.45) is 1.96. The molecular weight excluding hydrogens is 357 g/mol. The maximum atomic E-state index is 12.4. The fraction of sp³-hybridized carbons (Fsp3) is 0.467. The highest BCUT2D eigenvalue weighted by Gasteiger charge is 2.21. The Bertz CT molecular complexity index is 651. The van der Waals surface area contributed by atoms with Gasteiger partial charge in [0.25, 0.3) is 5.91 Å². The number of hydrogen-bond donors (Lipinski definition) is 2. The first kappa shape index (κ1) is 20.0. The molecule has 0 spiro atoms. The fourth-order valence-electron chi connectivity index (χ4n) is 2.48. The summed E-state index contributed by atoms with van der Waals surface area (Å²) in [5.41, 5.74) is 0.760. The van der Waals surface area contributed by atoms with Crippen LogP contribution in [0.4, 0.5) is 0 Å². The molecule has 1 fully saturated rings. The molecule has 0 saturated carbocycles. The van der Waals surface area contributed by atoms with Gasteiger partial charge in [0.2, 0.25) is 0 Å². The summed E-state index contributed by atoms with van der Waals surface area (Å²) in [5.74, 6) is 1.55. The molecule has 2 aromatic heterocycles. The zero-order valence-corrected chi connectivity index (χ0v) is 15.5. The van der Waals surface area contributed by atoms with Gasteiger partial charge in [-0.05, 0) is 51.9 Å². The number of piperidine rings is 1. The van der Waals surface area contributed by atoms with E-state index in [2.05, 4.69) is 15.6 Å². The minimum absolute atomic E-state index is 0. The molecule has 0 bridgehead atoms. The van der Waals surface area contributed by atoms with Gasteiger partial charge < -0.3 is 15.1 Å². The normalized spacial score (nSPS) is 14.7. The number of thiazole rings is 1. The van der Waals surface area contributed by atoms with Crippen molar-refractivity contribution in [3.05, 3.63) is 28.5 Å². The summed E-state index contributed by atoms with van der Waals surface area (Å²) in [5, 5.41) is 7.16. The summed E-state index contributed by atoms with van der Waals surface area (Å²) in [6.45, 7) is 5.69. The molecule has 23 heavy (non-hydrogen) atoms. The second-order valence-electron chi connectivity index (χ2n) is 5.34. The maximum absolute atomic E-state index is 12.4. The minimum Gasteiger partial charge on any atom is -0.459 e. The van der Waals surface area contributed by atoms with Crippen LogP contribution in [0.5, 0.6) is 0 Å².